The number of amides is 1. The van der Waals surface area contributed by atoms with Gasteiger partial charge in [-0.15, -0.1) is 0 Å². The van der Waals surface area contributed by atoms with Crippen molar-refractivity contribution in [3.05, 3.63) is 52.8 Å². The van der Waals surface area contributed by atoms with Crippen molar-refractivity contribution in [1.29, 1.82) is 0 Å². The predicted octanol–water partition coefficient (Wildman–Crippen LogP) is 2.66. The second kappa shape index (κ2) is 8.01. The Labute approximate surface area is 174 Å². The van der Waals surface area contributed by atoms with Gasteiger partial charge in [0.05, 0.1) is 29.5 Å². The van der Waals surface area contributed by atoms with Crippen LogP contribution in [0.4, 0.5) is 0 Å². The summed E-state index contributed by atoms with van der Waals surface area (Å²) >= 11 is 0. The molecule has 8 heteroatoms. The van der Waals surface area contributed by atoms with Crippen molar-refractivity contribution in [2.24, 2.45) is 5.92 Å². The summed E-state index contributed by atoms with van der Waals surface area (Å²) in [6.07, 6.45) is 11.7. The molecule has 0 bridgehead atoms. The van der Waals surface area contributed by atoms with Gasteiger partial charge in [0, 0.05) is 25.8 Å². The highest BCUT2D eigenvalue weighted by Crippen LogP contribution is 2.28. The van der Waals surface area contributed by atoms with Gasteiger partial charge in [0.15, 0.2) is 5.65 Å². The number of rotatable bonds is 4. The Balaban J connectivity index is 1.44. The molecule has 30 heavy (non-hydrogen) atoms. The Morgan fingerprint density at radius 3 is 2.73 bits per heavy atom. The minimum Gasteiger partial charge on any atom is -0.336 e. The van der Waals surface area contributed by atoms with Gasteiger partial charge in [-0.25, -0.2) is 9.78 Å². The van der Waals surface area contributed by atoms with Crippen LogP contribution < -0.4 is 5.69 Å². The van der Waals surface area contributed by atoms with E-state index in [-0.39, 0.29) is 17.6 Å². The lowest BCUT2D eigenvalue weighted by Crippen LogP contribution is -2.33. The van der Waals surface area contributed by atoms with Crippen molar-refractivity contribution < 1.29 is 4.79 Å². The molecule has 8 nitrogen and oxygen atoms in total. The number of imidazole rings is 1. The fraction of sp³-hybridized carbons (Fsp3) is 0.500. The molecule has 156 valence electrons. The Hall–Kier alpha value is -3.03. The van der Waals surface area contributed by atoms with Gasteiger partial charge in [0.2, 0.25) is 0 Å². The first-order chi connectivity index (χ1) is 14.7. The fourth-order valence-electron chi connectivity index (χ4n) is 4.98. The van der Waals surface area contributed by atoms with E-state index in [9.17, 15) is 9.59 Å². The van der Waals surface area contributed by atoms with Crippen LogP contribution in [0.5, 0.6) is 0 Å². The molecule has 1 saturated carbocycles. The van der Waals surface area contributed by atoms with E-state index in [1.165, 1.54) is 44.5 Å². The number of carbonyl (C=O) groups is 1. The smallest absolute Gasteiger partial charge is 0.330 e. The predicted molar refractivity (Wildman–Crippen MR) is 112 cm³/mol. The van der Waals surface area contributed by atoms with Gasteiger partial charge in [0.25, 0.3) is 5.91 Å². The van der Waals surface area contributed by atoms with Crippen LogP contribution in [0.15, 0.2) is 41.6 Å². The lowest BCUT2D eigenvalue weighted by atomic mass is 9.89. The van der Waals surface area contributed by atoms with Crippen LogP contribution in [0.25, 0.3) is 11.2 Å². The molecular weight excluding hydrogens is 380 g/mol. The molecule has 1 aliphatic carbocycles. The first-order valence-corrected chi connectivity index (χ1v) is 10.8. The van der Waals surface area contributed by atoms with Crippen LogP contribution in [-0.4, -0.2) is 48.2 Å². The number of hydrogen-bond donors (Lipinski definition) is 0. The largest absolute Gasteiger partial charge is 0.336 e. The van der Waals surface area contributed by atoms with Crippen molar-refractivity contribution in [2.75, 3.05) is 13.1 Å². The zero-order chi connectivity index (χ0) is 20.5. The van der Waals surface area contributed by atoms with Gasteiger partial charge in [-0.2, -0.15) is 10.2 Å². The van der Waals surface area contributed by atoms with Crippen molar-refractivity contribution in [3.8, 4) is 0 Å². The Morgan fingerprint density at radius 1 is 1.07 bits per heavy atom. The highest BCUT2D eigenvalue weighted by atomic mass is 16.2. The second-order valence-electron chi connectivity index (χ2n) is 8.44. The van der Waals surface area contributed by atoms with E-state index < -0.39 is 0 Å². The Morgan fingerprint density at radius 2 is 1.93 bits per heavy atom. The summed E-state index contributed by atoms with van der Waals surface area (Å²) in [5, 5.41) is 7.54. The van der Waals surface area contributed by atoms with E-state index in [4.69, 9.17) is 0 Å². The molecule has 5 rings (SSSR count). The topological polar surface area (TPSA) is 85.9 Å². The van der Waals surface area contributed by atoms with Crippen molar-refractivity contribution in [3.63, 3.8) is 0 Å². The third-order valence-electron chi connectivity index (χ3n) is 6.53. The summed E-state index contributed by atoms with van der Waals surface area (Å²) in [6.45, 7) is 1.87. The van der Waals surface area contributed by atoms with E-state index in [0.717, 1.165) is 24.1 Å². The molecule has 1 amide bonds. The fourth-order valence-corrected chi connectivity index (χ4v) is 4.98. The molecule has 4 heterocycles. The number of nitrogens with zero attached hydrogens (tertiary/aromatic N) is 6. The van der Waals surface area contributed by atoms with Crippen LogP contribution in [-0.2, 0) is 6.54 Å². The Bertz CT molecular complexity index is 1100. The number of aromatic nitrogens is 5. The lowest BCUT2D eigenvalue weighted by molar-refractivity contribution is 0.0787. The van der Waals surface area contributed by atoms with Gasteiger partial charge < -0.3 is 4.90 Å². The molecule has 0 N–H and O–H groups in total. The SMILES string of the molecule is O=C(c1ccnnc1)N1CC[C@@H](n2c(=O)n(CC3CCCCC3)c3cccnc32)C1. The average molecular weight is 406 g/mol. The van der Waals surface area contributed by atoms with E-state index in [2.05, 4.69) is 15.2 Å². The molecule has 3 aromatic rings. The van der Waals surface area contributed by atoms with E-state index in [1.807, 2.05) is 21.3 Å². The zero-order valence-corrected chi connectivity index (χ0v) is 17.0. The van der Waals surface area contributed by atoms with Crippen molar-refractivity contribution in [2.45, 2.75) is 51.1 Å². The van der Waals surface area contributed by atoms with Crippen LogP contribution in [0.3, 0.4) is 0 Å². The average Bonchev–Trinajstić information content (AvgIpc) is 3.38. The van der Waals surface area contributed by atoms with Gasteiger partial charge >= 0.3 is 5.69 Å². The molecule has 0 spiro atoms. The molecular formula is C22H26N6O2. The van der Waals surface area contributed by atoms with Gasteiger partial charge in [-0.1, -0.05) is 19.3 Å². The van der Waals surface area contributed by atoms with Gasteiger partial charge in [0.1, 0.15) is 0 Å². The number of carbonyl (C=O) groups excluding carboxylic acids is 1. The van der Waals surface area contributed by atoms with E-state index in [0.29, 0.717) is 24.6 Å². The minimum atomic E-state index is -0.0700. The molecule has 1 atom stereocenters. The maximum Gasteiger partial charge on any atom is 0.330 e. The number of pyridine rings is 1. The zero-order valence-electron chi connectivity index (χ0n) is 17.0. The third kappa shape index (κ3) is 3.40. The quantitative estimate of drug-likeness (QED) is 0.665. The summed E-state index contributed by atoms with van der Waals surface area (Å²) < 4.78 is 3.73. The summed E-state index contributed by atoms with van der Waals surface area (Å²) in [6, 6.07) is 5.49. The van der Waals surface area contributed by atoms with Crippen molar-refractivity contribution >= 4 is 17.1 Å². The van der Waals surface area contributed by atoms with E-state index in [1.54, 1.807) is 17.2 Å². The molecule has 2 fully saturated rings. The minimum absolute atomic E-state index is 0.000787. The molecule has 0 aromatic carbocycles. The molecule has 1 aliphatic heterocycles. The summed E-state index contributed by atoms with van der Waals surface area (Å²) in [4.78, 5) is 32.6. The standard InChI is InChI=1S/C22H26N6O2/c29-21(17-8-11-24-25-13-17)26-12-9-18(15-26)28-20-19(7-4-10-23-20)27(22(28)30)14-16-5-2-1-3-6-16/h4,7-8,10-11,13,16,18H,1-3,5-6,9,12,14-15H2/t18-/m1/s1. The monoisotopic (exact) mass is 406 g/mol. The Kier molecular flexibility index (Phi) is 5.06. The number of fused-ring (bicyclic) bond motifs is 1. The van der Waals surface area contributed by atoms with Crippen molar-refractivity contribution in [1.82, 2.24) is 29.2 Å². The number of hydrogen-bond acceptors (Lipinski definition) is 5. The van der Waals surface area contributed by atoms with Crippen LogP contribution >= 0.6 is 0 Å². The molecule has 0 unspecified atom stereocenters. The van der Waals surface area contributed by atoms with Crippen LogP contribution in [0, 0.1) is 5.92 Å². The maximum absolute atomic E-state index is 13.5. The first-order valence-electron chi connectivity index (χ1n) is 10.8. The second-order valence-corrected chi connectivity index (χ2v) is 8.44. The third-order valence-corrected chi connectivity index (χ3v) is 6.53. The summed E-state index contributed by atoms with van der Waals surface area (Å²) in [5.74, 6) is 0.482. The molecule has 1 saturated heterocycles. The first kappa shape index (κ1) is 19.0. The number of likely N-dealkylation sites (tertiary alicyclic amines) is 1. The lowest BCUT2D eigenvalue weighted by Gasteiger charge is -2.21. The summed E-state index contributed by atoms with van der Waals surface area (Å²) in [5.41, 5.74) is 2.15. The van der Waals surface area contributed by atoms with E-state index >= 15 is 0 Å². The summed E-state index contributed by atoms with van der Waals surface area (Å²) in [7, 11) is 0. The molecule has 3 aromatic heterocycles. The maximum atomic E-state index is 13.5. The molecule has 0 radical (unpaired) electrons. The van der Waals surface area contributed by atoms with Gasteiger partial charge in [-0.05, 0) is 43.4 Å². The van der Waals surface area contributed by atoms with Crippen LogP contribution in [0.1, 0.15) is 54.9 Å². The van der Waals surface area contributed by atoms with Crippen LogP contribution in [0.2, 0.25) is 0 Å². The van der Waals surface area contributed by atoms with Gasteiger partial charge in [-0.3, -0.25) is 13.9 Å². The highest BCUT2D eigenvalue weighted by Gasteiger charge is 2.32. The molecule has 2 aliphatic rings. The highest BCUT2D eigenvalue weighted by molar-refractivity contribution is 5.94. The normalized spacial score (nSPS) is 20.1.